The number of nitrogens with one attached hydrogen (secondary N) is 2. The Labute approximate surface area is 146 Å². The van der Waals surface area contributed by atoms with Crippen molar-refractivity contribution in [1.29, 1.82) is 5.41 Å². The van der Waals surface area contributed by atoms with Crippen LogP contribution in [0.5, 0.6) is 5.75 Å². The van der Waals surface area contributed by atoms with E-state index in [2.05, 4.69) is 10.3 Å². The molecule has 6 nitrogen and oxygen atoms in total. The highest BCUT2D eigenvalue weighted by molar-refractivity contribution is 6.03. The Morgan fingerprint density at radius 2 is 2.04 bits per heavy atom. The van der Waals surface area contributed by atoms with E-state index in [-0.39, 0.29) is 11.4 Å². The van der Waals surface area contributed by atoms with Gasteiger partial charge in [0, 0.05) is 29.4 Å². The predicted octanol–water partition coefficient (Wildman–Crippen LogP) is 2.78. The van der Waals surface area contributed by atoms with E-state index >= 15 is 0 Å². The molecule has 4 N–H and O–H groups in total. The molecule has 1 aromatic carbocycles. The molecule has 1 aliphatic carbocycles. The normalized spacial score (nSPS) is 15.1. The van der Waals surface area contributed by atoms with Crippen LogP contribution in [-0.4, -0.2) is 28.7 Å². The second-order valence-corrected chi connectivity index (χ2v) is 6.46. The van der Waals surface area contributed by atoms with Crippen LogP contribution in [0, 0.1) is 5.41 Å². The van der Waals surface area contributed by atoms with Gasteiger partial charge in [-0.2, -0.15) is 0 Å². The van der Waals surface area contributed by atoms with Gasteiger partial charge in [0.05, 0.1) is 11.1 Å². The van der Waals surface area contributed by atoms with E-state index in [0.717, 1.165) is 19.3 Å². The molecular weight excluding hydrogens is 316 g/mol. The van der Waals surface area contributed by atoms with Gasteiger partial charge in [0.15, 0.2) is 0 Å². The van der Waals surface area contributed by atoms with E-state index in [1.54, 1.807) is 49.6 Å². The van der Waals surface area contributed by atoms with Gasteiger partial charge < -0.3 is 21.2 Å². The van der Waals surface area contributed by atoms with Crippen molar-refractivity contribution in [3.8, 4) is 5.75 Å². The Bertz CT molecular complexity index is 785. The lowest BCUT2D eigenvalue weighted by Crippen LogP contribution is -2.57. The van der Waals surface area contributed by atoms with Crippen molar-refractivity contribution in [2.24, 2.45) is 0 Å². The fourth-order valence-electron chi connectivity index (χ4n) is 3.01. The summed E-state index contributed by atoms with van der Waals surface area (Å²) in [4.78, 5) is 16.4. The Morgan fingerprint density at radius 1 is 1.32 bits per heavy atom. The highest BCUT2D eigenvalue weighted by Crippen LogP contribution is 2.34. The molecule has 3 rings (SSSR count). The van der Waals surface area contributed by atoms with Crippen LogP contribution < -0.4 is 15.8 Å². The van der Waals surface area contributed by atoms with Gasteiger partial charge in [-0.25, -0.2) is 0 Å². The molecule has 1 saturated carbocycles. The number of nitrogens with two attached hydrogens (primary N) is 1. The molecule has 0 spiro atoms. The van der Waals surface area contributed by atoms with Crippen molar-refractivity contribution in [3.05, 3.63) is 53.9 Å². The number of hydrogen-bond donors (Lipinski definition) is 3. The summed E-state index contributed by atoms with van der Waals surface area (Å²) in [6.07, 6.45) is 5.99. The third-order valence-electron chi connectivity index (χ3n) is 4.57. The Morgan fingerprint density at radius 3 is 2.64 bits per heavy atom. The summed E-state index contributed by atoms with van der Waals surface area (Å²) in [7, 11) is 0. The topological polar surface area (TPSA) is 101 Å². The number of hydrogen-bond acceptors (Lipinski definition) is 5. The number of nitrogens with zero attached hydrogens (tertiary/aromatic N) is 1. The number of benzene rings is 1. The van der Waals surface area contributed by atoms with Gasteiger partial charge in [-0.1, -0.05) is 6.07 Å². The van der Waals surface area contributed by atoms with Crippen molar-refractivity contribution in [2.75, 3.05) is 12.3 Å². The average Bonchev–Trinajstić information content (AvgIpc) is 2.57. The molecule has 6 heteroatoms. The van der Waals surface area contributed by atoms with Crippen molar-refractivity contribution < 1.29 is 9.53 Å². The van der Waals surface area contributed by atoms with Crippen molar-refractivity contribution in [2.45, 2.75) is 31.7 Å². The van der Waals surface area contributed by atoms with Crippen LogP contribution in [0.2, 0.25) is 0 Å². The zero-order chi connectivity index (χ0) is 17.9. The molecule has 0 unspecified atom stereocenters. The smallest absolute Gasteiger partial charge is 0.251 e. The van der Waals surface area contributed by atoms with Crippen LogP contribution in [-0.2, 0) is 0 Å². The fraction of sp³-hybridized carbons (Fsp3) is 0.316. The number of amides is 1. The number of ether oxygens (including phenoxy) is 1. The first-order chi connectivity index (χ1) is 12.0. The Kier molecular flexibility index (Phi) is 4.70. The molecule has 1 heterocycles. The Hall–Kier alpha value is -2.89. The molecule has 0 atom stereocenters. The maximum absolute atomic E-state index is 12.4. The fourth-order valence-corrected chi connectivity index (χ4v) is 3.01. The number of anilines is 1. The van der Waals surface area contributed by atoms with Gasteiger partial charge in [0.1, 0.15) is 12.4 Å². The Balaban J connectivity index is 1.72. The average molecular weight is 338 g/mol. The molecule has 0 saturated heterocycles. The summed E-state index contributed by atoms with van der Waals surface area (Å²) in [5.74, 6) is 0.457. The number of pyridine rings is 1. The van der Waals surface area contributed by atoms with Crippen molar-refractivity contribution >= 4 is 17.3 Å². The van der Waals surface area contributed by atoms with Crippen LogP contribution >= 0.6 is 0 Å². The number of rotatable bonds is 6. The largest absolute Gasteiger partial charge is 0.490 e. The summed E-state index contributed by atoms with van der Waals surface area (Å²) < 4.78 is 5.98. The minimum Gasteiger partial charge on any atom is -0.490 e. The minimum absolute atomic E-state index is 0.123. The monoisotopic (exact) mass is 338 g/mol. The van der Waals surface area contributed by atoms with E-state index < -0.39 is 0 Å². The highest BCUT2D eigenvalue weighted by atomic mass is 16.5. The quantitative estimate of drug-likeness (QED) is 0.557. The molecule has 1 aliphatic rings. The van der Waals surface area contributed by atoms with E-state index in [1.807, 2.05) is 0 Å². The SMILES string of the molecule is CC(=N)c1c(N)cccc1OCC1(NC(=O)c2ccncc2)CCC1. The molecule has 130 valence electrons. The van der Waals surface area contributed by atoms with Crippen LogP contribution in [0.1, 0.15) is 42.1 Å². The van der Waals surface area contributed by atoms with E-state index in [4.69, 9.17) is 15.9 Å². The van der Waals surface area contributed by atoms with Crippen molar-refractivity contribution in [3.63, 3.8) is 0 Å². The second kappa shape index (κ2) is 6.93. The molecule has 1 aromatic heterocycles. The number of carbonyl (C=O) groups is 1. The third-order valence-corrected chi connectivity index (χ3v) is 4.57. The summed E-state index contributed by atoms with van der Waals surface area (Å²) in [6, 6.07) is 8.75. The predicted molar refractivity (Wildman–Crippen MR) is 97.1 cm³/mol. The van der Waals surface area contributed by atoms with E-state index in [0.29, 0.717) is 34.9 Å². The molecule has 0 aliphatic heterocycles. The molecular formula is C19H22N4O2. The number of nitrogen functional groups attached to an aromatic ring is 1. The molecule has 0 bridgehead atoms. The number of aromatic nitrogens is 1. The van der Waals surface area contributed by atoms with Crippen LogP contribution in [0.25, 0.3) is 0 Å². The zero-order valence-electron chi connectivity index (χ0n) is 14.2. The van der Waals surface area contributed by atoms with Gasteiger partial charge in [-0.05, 0) is 50.5 Å². The van der Waals surface area contributed by atoms with Crippen molar-refractivity contribution in [1.82, 2.24) is 10.3 Å². The maximum atomic E-state index is 12.4. The van der Waals surface area contributed by atoms with E-state index in [1.165, 1.54) is 0 Å². The number of carbonyl (C=O) groups excluding carboxylic acids is 1. The third kappa shape index (κ3) is 3.63. The summed E-state index contributed by atoms with van der Waals surface area (Å²) in [6.45, 7) is 2.04. The minimum atomic E-state index is -0.377. The van der Waals surface area contributed by atoms with Crippen LogP contribution in [0.4, 0.5) is 5.69 Å². The zero-order valence-corrected chi connectivity index (χ0v) is 14.2. The van der Waals surface area contributed by atoms with Crippen LogP contribution in [0.15, 0.2) is 42.7 Å². The van der Waals surface area contributed by atoms with Gasteiger partial charge >= 0.3 is 0 Å². The first-order valence-electron chi connectivity index (χ1n) is 8.30. The molecule has 1 fully saturated rings. The molecule has 0 radical (unpaired) electrons. The maximum Gasteiger partial charge on any atom is 0.251 e. The molecule has 2 aromatic rings. The molecule has 1 amide bonds. The summed E-state index contributed by atoms with van der Waals surface area (Å²) >= 11 is 0. The van der Waals surface area contributed by atoms with E-state index in [9.17, 15) is 4.79 Å². The van der Waals surface area contributed by atoms with Gasteiger partial charge in [0.25, 0.3) is 5.91 Å². The second-order valence-electron chi connectivity index (χ2n) is 6.46. The summed E-state index contributed by atoms with van der Waals surface area (Å²) in [5, 5.41) is 11.0. The first kappa shape index (κ1) is 17.0. The van der Waals surface area contributed by atoms with Gasteiger partial charge in [-0.3, -0.25) is 9.78 Å². The van der Waals surface area contributed by atoms with Gasteiger partial charge in [0.2, 0.25) is 0 Å². The standard InChI is InChI=1S/C19H22N4O2/c1-13(20)17-15(21)4-2-5-16(17)25-12-19(8-3-9-19)23-18(24)14-6-10-22-11-7-14/h2,4-7,10-11,20H,3,8-9,12,21H2,1H3,(H,23,24). The van der Waals surface area contributed by atoms with Gasteiger partial charge in [-0.15, -0.1) is 0 Å². The van der Waals surface area contributed by atoms with Crippen LogP contribution in [0.3, 0.4) is 0 Å². The lowest BCUT2D eigenvalue weighted by Gasteiger charge is -2.42. The highest BCUT2D eigenvalue weighted by Gasteiger charge is 2.39. The molecule has 25 heavy (non-hydrogen) atoms. The summed E-state index contributed by atoms with van der Waals surface area (Å²) in [5.41, 5.74) is 7.66. The first-order valence-corrected chi connectivity index (χ1v) is 8.30. The lowest BCUT2D eigenvalue weighted by atomic mass is 9.77. The lowest BCUT2D eigenvalue weighted by molar-refractivity contribution is 0.0691.